The molecule has 0 spiro atoms. The molecule has 168 valence electrons. The van der Waals surface area contributed by atoms with Crippen molar-refractivity contribution in [3.05, 3.63) is 89.7 Å². The number of hydrogen-bond donors (Lipinski definition) is 0. The molecule has 0 N–H and O–H groups in total. The second-order valence-electron chi connectivity index (χ2n) is 7.51. The van der Waals surface area contributed by atoms with Crippen LogP contribution >= 0.6 is 0 Å². The van der Waals surface area contributed by atoms with Gasteiger partial charge in [0.25, 0.3) is 0 Å². The van der Waals surface area contributed by atoms with Crippen LogP contribution in [0.4, 0.5) is 4.39 Å². The lowest BCUT2D eigenvalue weighted by molar-refractivity contribution is -0.110. The molecule has 0 aromatic heterocycles. The summed E-state index contributed by atoms with van der Waals surface area (Å²) in [6.07, 6.45) is 0. The molecule has 32 heavy (non-hydrogen) atoms. The van der Waals surface area contributed by atoms with Crippen LogP contribution < -0.4 is 9.47 Å². The van der Waals surface area contributed by atoms with E-state index in [0.717, 1.165) is 11.1 Å². The maximum absolute atomic E-state index is 13.3. The number of rotatable bonds is 7. The maximum Gasteiger partial charge on any atom is 0.185 e. The van der Waals surface area contributed by atoms with Gasteiger partial charge in [-0.3, -0.25) is 4.84 Å². The molecule has 1 aliphatic rings. The fourth-order valence-electron chi connectivity index (χ4n) is 3.79. The predicted molar refractivity (Wildman–Crippen MR) is 118 cm³/mol. The largest absolute Gasteiger partial charge is 0.493 e. The fourth-order valence-corrected chi connectivity index (χ4v) is 5.59. The Kier molecular flexibility index (Phi) is 6.45. The van der Waals surface area contributed by atoms with Crippen LogP contribution in [0.5, 0.6) is 11.5 Å². The van der Waals surface area contributed by atoms with Gasteiger partial charge in [0.1, 0.15) is 17.7 Å². The van der Waals surface area contributed by atoms with E-state index in [-0.39, 0.29) is 23.9 Å². The number of hydrogen-bond acceptors (Lipinski definition) is 6. The van der Waals surface area contributed by atoms with Crippen LogP contribution in [0.15, 0.2) is 77.7 Å². The summed E-state index contributed by atoms with van der Waals surface area (Å²) in [5, 5.41) is 0.796. The summed E-state index contributed by atoms with van der Waals surface area (Å²) in [6.45, 7) is 0.303. The molecule has 0 radical (unpaired) electrons. The second-order valence-corrected chi connectivity index (χ2v) is 9.68. The van der Waals surface area contributed by atoms with Gasteiger partial charge in [0.2, 0.25) is 0 Å². The van der Waals surface area contributed by atoms with E-state index >= 15 is 0 Å². The van der Waals surface area contributed by atoms with Gasteiger partial charge in [-0.2, -0.15) is 5.06 Å². The first kappa shape index (κ1) is 22.3. The molecule has 1 fully saturated rings. The van der Waals surface area contributed by atoms with Gasteiger partial charge in [-0.1, -0.05) is 36.4 Å². The molecule has 1 saturated heterocycles. The van der Waals surface area contributed by atoms with Crippen LogP contribution in [0.25, 0.3) is 0 Å². The van der Waals surface area contributed by atoms with Crippen molar-refractivity contribution in [1.29, 1.82) is 0 Å². The Bertz CT molecular complexity index is 1170. The van der Waals surface area contributed by atoms with Crippen molar-refractivity contribution in [2.24, 2.45) is 0 Å². The highest BCUT2D eigenvalue weighted by Gasteiger charge is 2.44. The number of sulfone groups is 1. The van der Waals surface area contributed by atoms with E-state index in [1.165, 1.54) is 19.2 Å². The lowest BCUT2D eigenvalue weighted by atomic mass is 10.0. The highest BCUT2D eigenvalue weighted by Crippen LogP contribution is 2.39. The van der Waals surface area contributed by atoms with Crippen molar-refractivity contribution in [1.82, 2.24) is 5.06 Å². The molecular weight excluding hydrogens is 433 g/mol. The molecule has 2 atom stereocenters. The van der Waals surface area contributed by atoms with E-state index in [2.05, 4.69) is 0 Å². The Morgan fingerprint density at radius 1 is 1.03 bits per heavy atom. The van der Waals surface area contributed by atoms with E-state index in [1.54, 1.807) is 66.7 Å². The average molecular weight is 458 g/mol. The molecule has 1 aliphatic heterocycles. The lowest BCUT2D eigenvalue weighted by Crippen LogP contribution is -2.31. The molecule has 0 saturated carbocycles. The quantitative estimate of drug-likeness (QED) is 0.531. The molecule has 0 aliphatic carbocycles. The zero-order valence-corrected chi connectivity index (χ0v) is 18.6. The number of methoxy groups -OCH3 is 1. The predicted octanol–water partition coefficient (Wildman–Crippen LogP) is 4.17. The topological polar surface area (TPSA) is 65.1 Å². The Morgan fingerprint density at radius 3 is 2.44 bits per heavy atom. The molecule has 6 nitrogen and oxygen atoms in total. The minimum Gasteiger partial charge on any atom is -0.493 e. The van der Waals surface area contributed by atoms with Gasteiger partial charge in [0.05, 0.1) is 24.7 Å². The molecular formula is C24H24FNO5S. The summed E-state index contributed by atoms with van der Waals surface area (Å²) in [4.78, 5) is 5.87. The van der Waals surface area contributed by atoms with Crippen molar-refractivity contribution in [2.45, 2.75) is 22.8 Å². The number of ether oxygens (including phenoxy) is 2. The summed E-state index contributed by atoms with van der Waals surface area (Å²) in [6, 6.07) is 19.3. The van der Waals surface area contributed by atoms with Crippen LogP contribution in [-0.4, -0.2) is 39.5 Å². The van der Waals surface area contributed by atoms with Gasteiger partial charge >= 0.3 is 0 Å². The van der Waals surface area contributed by atoms with Crippen LogP contribution in [0.2, 0.25) is 0 Å². The van der Waals surface area contributed by atoms with Gasteiger partial charge in [-0.05, 0) is 47.5 Å². The van der Waals surface area contributed by atoms with E-state index in [1.807, 2.05) is 6.07 Å². The van der Waals surface area contributed by atoms with Gasteiger partial charge in [0, 0.05) is 7.05 Å². The van der Waals surface area contributed by atoms with Crippen LogP contribution in [0.1, 0.15) is 17.2 Å². The Labute approximate surface area is 187 Å². The lowest BCUT2D eigenvalue weighted by Gasteiger charge is -2.24. The summed E-state index contributed by atoms with van der Waals surface area (Å²) in [5.74, 6) is 0.670. The van der Waals surface area contributed by atoms with Crippen molar-refractivity contribution < 1.29 is 27.1 Å². The molecule has 0 bridgehead atoms. The first-order chi connectivity index (χ1) is 15.4. The molecule has 1 heterocycles. The van der Waals surface area contributed by atoms with Crippen LogP contribution in [0.3, 0.4) is 0 Å². The second kappa shape index (κ2) is 9.28. The minimum atomic E-state index is -3.62. The van der Waals surface area contributed by atoms with Gasteiger partial charge in [-0.15, -0.1) is 0 Å². The third kappa shape index (κ3) is 4.48. The van der Waals surface area contributed by atoms with Crippen molar-refractivity contribution in [2.75, 3.05) is 20.8 Å². The first-order valence-corrected chi connectivity index (χ1v) is 11.6. The molecule has 4 rings (SSSR count). The highest BCUT2D eigenvalue weighted by atomic mass is 32.2. The molecule has 0 amide bonds. The van der Waals surface area contributed by atoms with Crippen LogP contribution in [-0.2, 0) is 21.3 Å². The van der Waals surface area contributed by atoms with Crippen molar-refractivity contribution in [3.8, 4) is 11.5 Å². The van der Waals surface area contributed by atoms with E-state index in [4.69, 9.17) is 14.3 Å². The first-order valence-electron chi connectivity index (χ1n) is 10.1. The molecule has 8 heteroatoms. The number of halogens is 1. The van der Waals surface area contributed by atoms with Gasteiger partial charge in [-0.25, -0.2) is 12.8 Å². The third-order valence-corrected chi connectivity index (χ3v) is 7.61. The fraction of sp³-hybridized carbons (Fsp3) is 0.250. The van der Waals surface area contributed by atoms with Crippen LogP contribution in [0, 0.1) is 5.82 Å². The zero-order valence-electron chi connectivity index (χ0n) is 17.8. The zero-order chi connectivity index (χ0) is 22.7. The van der Waals surface area contributed by atoms with Crippen molar-refractivity contribution in [3.63, 3.8) is 0 Å². The number of hydroxylamine groups is 2. The SMILES string of the molecule is COc1cc([C@H]2[C@H](S(=O)(=O)c3ccccc3)CON2C)ccc1OCc1ccc(F)cc1. The van der Waals surface area contributed by atoms with E-state index < -0.39 is 21.1 Å². The Balaban J connectivity index is 1.59. The number of nitrogens with zero attached hydrogens (tertiary/aromatic N) is 1. The minimum absolute atomic E-state index is 0.0591. The van der Waals surface area contributed by atoms with Gasteiger partial charge < -0.3 is 9.47 Å². The van der Waals surface area contributed by atoms with E-state index in [0.29, 0.717) is 11.5 Å². The Morgan fingerprint density at radius 2 is 1.75 bits per heavy atom. The monoisotopic (exact) mass is 457 g/mol. The summed E-state index contributed by atoms with van der Waals surface area (Å²) in [7, 11) is -0.374. The number of benzene rings is 3. The van der Waals surface area contributed by atoms with Gasteiger partial charge in [0.15, 0.2) is 21.3 Å². The molecule has 3 aromatic carbocycles. The Hall–Kier alpha value is -2.94. The third-order valence-electron chi connectivity index (χ3n) is 5.49. The summed E-state index contributed by atoms with van der Waals surface area (Å²) < 4.78 is 51.0. The summed E-state index contributed by atoms with van der Waals surface area (Å²) in [5.41, 5.74) is 1.55. The molecule has 0 unspecified atom stereocenters. The standard InChI is InChI=1S/C24H24FNO5S/c1-26-24(23(16-31-26)32(27,28)20-6-4-3-5-7-20)18-10-13-21(22(14-18)29-2)30-15-17-8-11-19(25)12-9-17/h3-14,23-24H,15-16H2,1-2H3/t23-,24+/m1/s1. The maximum atomic E-state index is 13.3. The highest BCUT2D eigenvalue weighted by molar-refractivity contribution is 7.92. The van der Waals surface area contributed by atoms with E-state index in [9.17, 15) is 12.8 Å². The summed E-state index contributed by atoms with van der Waals surface area (Å²) >= 11 is 0. The van der Waals surface area contributed by atoms with Crippen molar-refractivity contribution >= 4 is 9.84 Å². The average Bonchev–Trinajstić information content (AvgIpc) is 3.21. The normalized spacial score (nSPS) is 19.1. The molecule has 3 aromatic rings. The smallest absolute Gasteiger partial charge is 0.185 e.